The topological polar surface area (TPSA) is 15.3 Å². The van der Waals surface area contributed by atoms with Crippen LogP contribution >= 0.6 is 0 Å². The predicted molar refractivity (Wildman–Crippen MR) is 77.9 cm³/mol. The van der Waals surface area contributed by atoms with Crippen LogP contribution < -0.4 is 5.32 Å². The zero-order valence-electron chi connectivity index (χ0n) is 11.9. The van der Waals surface area contributed by atoms with E-state index >= 15 is 0 Å². The van der Waals surface area contributed by atoms with Crippen molar-refractivity contribution in [1.29, 1.82) is 0 Å². The Kier molecular flexibility index (Phi) is 4.41. The molecule has 0 spiro atoms. The lowest BCUT2D eigenvalue weighted by Crippen LogP contribution is -2.61. The Hall–Kier alpha value is -0.860. The van der Waals surface area contributed by atoms with Crippen LogP contribution in [-0.4, -0.2) is 36.1 Å². The minimum absolute atomic E-state index is 0.252. The largest absolute Gasteiger partial charge is 0.309 e. The minimum Gasteiger partial charge on any atom is -0.309 e. The van der Waals surface area contributed by atoms with Gasteiger partial charge in [-0.1, -0.05) is 37.3 Å². The van der Waals surface area contributed by atoms with Crippen LogP contribution in [0.4, 0.5) is 0 Å². The Labute approximate surface area is 111 Å². The molecule has 100 valence electrons. The Bertz CT molecular complexity index is 359. The molecule has 1 aromatic rings. The monoisotopic (exact) mass is 246 g/mol. The number of benzene rings is 1. The molecule has 0 radical (unpaired) electrons. The highest BCUT2D eigenvalue weighted by Crippen LogP contribution is 2.17. The van der Waals surface area contributed by atoms with Gasteiger partial charge >= 0.3 is 0 Å². The number of rotatable bonds is 4. The van der Waals surface area contributed by atoms with Crippen molar-refractivity contribution in [3.63, 3.8) is 0 Å². The molecule has 0 amide bonds. The van der Waals surface area contributed by atoms with E-state index < -0.39 is 0 Å². The lowest BCUT2D eigenvalue weighted by Gasteiger charge is -2.44. The fourth-order valence-corrected chi connectivity index (χ4v) is 2.80. The lowest BCUT2D eigenvalue weighted by molar-refractivity contribution is 0.0939. The molecule has 0 aliphatic carbocycles. The second kappa shape index (κ2) is 5.85. The van der Waals surface area contributed by atoms with Gasteiger partial charge in [-0.3, -0.25) is 4.90 Å². The maximum Gasteiger partial charge on any atom is 0.0252 e. The van der Waals surface area contributed by atoms with E-state index in [9.17, 15) is 0 Å². The number of hydrogen-bond donors (Lipinski definition) is 1. The molecule has 2 rings (SSSR count). The first-order valence-corrected chi connectivity index (χ1v) is 7.14. The van der Waals surface area contributed by atoms with Crippen molar-refractivity contribution < 1.29 is 0 Å². The van der Waals surface area contributed by atoms with Crippen molar-refractivity contribution in [1.82, 2.24) is 10.2 Å². The van der Waals surface area contributed by atoms with Crippen molar-refractivity contribution in [2.75, 3.05) is 19.6 Å². The fourth-order valence-electron chi connectivity index (χ4n) is 2.80. The van der Waals surface area contributed by atoms with Gasteiger partial charge in [0.05, 0.1) is 0 Å². The summed E-state index contributed by atoms with van der Waals surface area (Å²) in [6, 6.07) is 11.5. The van der Waals surface area contributed by atoms with Crippen LogP contribution in [0.5, 0.6) is 0 Å². The zero-order valence-corrected chi connectivity index (χ0v) is 11.9. The summed E-state index contributed by atoms with van der Waals surface area (Å²) >= 11 is 0. The SMILES string of the molecule is CCC1CNC(C)(C)CN1CCc1ccccc1. The van der Waals surface area contributed by atoms with E-state index in [2.05, 4.69) is 61.3 Å². The van der Waals surface area contributed by atoms with Crippen molar-refractivity contribution in [3.8, 4) is 0 Å². The minimum atomic E-state index is 0.252. The van der Waals surface area contributed by atoms with Gasteiger partial charge in [0, 0.05) is 31.2 Å². The van der Waals surface area contributed by atoms with Gasteiger partial charge < -0.3 is 5.32 Å². The molecule has 0 saturated carbocycles. The average molecular weight is 246 g/mol. The van der Waals surface area contributed by atoms with Crippen LogP contribution in [0.25, 0.3) is 0 Å². The third-order valence-electron chi connectivity index (χ3n) is 3.93. The normalized spacial score (nSPS) is 24.1. The summed E-state index contributed by atoms with van der Waals surface area (Å²) in [7, 11) is 0. The van der Waals surface area contributed by atoms with E-state index in [0.717, 1.165) is 19.5 Å². The molecule has 0 bridgehead atoms. The summed E-state index contributed by atoms with van der Waals surface area (Å²) in [5.41, 5.74) is 1.70. The first-order chi connectivity index (χ1) is 8.61. The number of hydrogen-bond acceptors (Lipinski definition) is 2. The van der Waals surface area contributed by atoms with E-state index in [1.54, 1.807) is 0 Å². The molecule has 2 nitrogen and oxygen atoms in total. The highest BCUT2D eigenvalue weighted by Gasteiger charge is 2.30. The molecule has 1 fully saturated rings. The third-order valence-corrected chi connectivity index (χ3v) is 3.93. The van der Waals surface area contributed by atoms with Crippen LogP contribution in [0.15, 0.2) is 30.3 Å². The molecule has 1 N–H and O–H groups in total. The predicted octanol–water partition coefficient (Wildman–Crippen LogP) is 2.69. The van der Waals surface area contributed by atoms with Gasteiger partial charge in [0.1, 0.15) is 0 Å². The Balaban J connectivity index is 1.93. The Morgan fingerprint density at radius 2 is 2.00 bits per heavy atom. The van der Waals surface area contributed by atoms with Gasteiger partial charge in [0.25, 0.3) is 0 Å². The van der Waals surface area contributed by atoms with Crippen molar-refractivity contribution in [3.05, 3.63) is 35.9 Å². The van der Waals surface area contributed by atoms with Gasteiger partial charge in [-0.2, -0.15) is 0 Å². The Morgan fingerprint density at radius 1 is 1.28 bits per heavy atom. The molecular weight excluding hydrogens is 220 g/mol. The summed E-state index contributed by atoms with van der Waals surface area (Å²) in [6.07, 6.45) is 2.39. The molecule has 18 heavy (non-hydrogen) atoms. The van der Waals surface area contributed by atoms with Crippen molar-refractivity contribution in [2.45, 2.75) is 45.2 Å². The molecule has 1 aromatic carbocycles. The second-order valence-corrected chi connectivity index (χ2v) is 6.03. The second-order valence-electron chi connectivity index (χ2n) is 6.03. The van der Waals surface area contributed by atoms with Crippen molar-refractivity contribution >= 4 is 0 Å². The number of piperazine rings is 1. The first-order valence-electron chi connectivity index (χ1n) is 7.14. The number of nitrogens with zero attached hydrogens (tertiary/aromatic N) is 1. The quantitative estimate of drug-likeness (QED) is 0.878. The van der Waals surface area contributed by atoms with Crippen LogP contribution in [0.2, 0.25) is 0 Å². The first kappa shape index (κ1) is 13.6. The summed E-state index contributed by atoms with van der Waals surface area (Å²) in [4.78, 5) is 2.66. The van der Waals surface area contributed by atoms with Gasteiger partial charge in [-0.25, -0.2) is 0 Å². The van der Waals surface area contributed by atoms with Crippen LogP contribution in [0.3, 0.4) is 0 Å². The van der Waals surface area contributed by atoms with E-state index in [4.69, 9.17) is 0 Å². The molecule has 1 saturated heterocycles. The van der Waals surface area contributed by atoms with Crippen molar-refractivity contribution in [2.24, 2.45) is 0 Å². The zero-order chi connectivity index (χ0) is 13.0. The fraction of sp³-hybridized carbons (Fsp3) is 0.625. The Morgan fingerprint density at radius 3 is 2.67 bits per heavy atom. The van der Waals surface area contributed by atoms with Gasteiger partial charge in [-0.15, -0.1) is 0 Å². The maximum absolute atomic E-state index is 3.65. The van der Waals surface area contributed by atoms with Crippen LogP contribution in [0, 0.1) is 0 Å². The summed E-state index contributed by atoms with van der Waals surface area (Å²) < 4.78 is 0. The molecule has 1 unspecified atom stereocenters. The standard InChI is InChI=1S/C16H26N2/c1-4-15-12-17-16(2,3)13-18(15)11-10-14-8-6-5-7-9-14/h5-9,15,17H,4,10-13H2,1-3H3. The molecular formula is C16H26N2. The lowest BCUT2D eigenvalue weighted by atomic mass is 9.97. The van der Waals surface area contributed by atoms with Crippen LogP contribution in [0.1, 0.15) is 32.8 Å². The smallest absolute Gasteiger partial charge is 0.0252 e. The van der Waals surface area contributed by atoms with E-state index in [1.807, 2.05) is 0 Å². The maximum atomic E-state index is 3.65. The third kappa shape index (κ3) is 3.56. The van der Waals surface area contributed by atoms with E-state index in [1.165, 1.54) is 18.5 Å². The molecule has 0 aromatic heterocycles. The molecule has 1 aliphatic rings. The van der Waals surface area contributed by atoms with Gasteiger partial charge in [-0.05, 0) is 32.3 Å². The van der Waals surface area contributed by atoms with E-state index in [0.29, 0.717) is 6.04 Å². The highest BCUT2D eigenvalue weighted by atomic mass is 15.2. The molecule has 1 heterocycles. The molecule has 1 atom stereocenters. The number of nitrogens with one attached hydrogen (secondary N) is 1. The summed E-state index contributed by atoms with van der Waals surface area (Å²) in [6.45, 7) is 10.3. The molecule has 1 aliphatic heterocycles. The summed E-state index contributed by atoms with van der Waals surface area (Å²) in [5, 5.41) is 3.65. The van der Waals surface area contributed by atoms with Gasteiger partial charge in [0.2, 0.25) is 0 Å². The van der Waals surface area contributed by atoms with Gasteiger partial charge in [0.15, 0.2) is 0 Å². The highest BCUT2D eigenvalue weighted by molar-refractivity contribution is 5.15. The van der Waals surface area contributed by atoms with E-state index in [-0.39, 0.29) is 5.54 Å². The molecule has 2 heteroatoms. The average Bonchev–Trinajstić information content (AvgIpc) is 2.37. The summed E-state index contributed by atoms with van der Waals surface area (Å²) in [5.74, 6) is 0. The van der Waals surface area contributed by atoms with Crippen LogP contribution in [-0.2, 0) is 6.42 Å².